The van der Waals surface area contributed by atoms with E-state index in [2.05, 4.69) is 4.74 Å². The van der Waals surface area contributed by atoms with Crippen molar-refractivity contribution in [2.45, 2.75) is 76.2 Å². The number of halogens is 9. The second kappa shape index (κ2) is 14.7. The fourth-order valence-electron chi connectivity index (χ4n) is 5.51. The lowest BCUT2D eigenvalue weighted by Gasteiger charge is -2.33. The minimum absolute atomic E-state index is 0.00992. The summed E-state index contributed by atoms with van der Waals surface area (Å²) in [5.41, 5.74) is -1.01. The number of hydrogen-bond donors (Lipinski definition) is 0. The Balaban J connectivity index is 1.24. The summed E-state index contributed by atoms with van der Waals surface area (Å²) in [4.78, 5) is 0. The van der Waals surface area contributed by atoms with Crippen molar-refractivity contribution >= 4 is 17.6 Å². The number of ether oxygens (including phenoxy) is 2. The van der Waals surface area contributed by atoms with Gasteiger partial charge in [0, 0.05) is 29.4 Å². The third kappa shape index (κ3) is 8.77. The molecule has 1 aliphatic heterocycles. The molecule has 2 aromatic carbocycles. The highest BCUT2D eigenvalue weighted by Crippen LogP contribution is 2.42. The summed E-state index contributed by atoms with van der Waals surface area (Å²) < 4.78 is 134. The second-order valence-corrected chi connectivity index (χ2v) is 12.2. The molecular formula is C32H33F9O2S. The van der Waals surface area contributed by atoms with E-state index in [1.54, 1.807) is 24.3 Å². The van der Waals surface area contributed by atoms with Crippen LogP contribution in [0.15, 0.2) is 53.7 Å². The van der Waals surface area contributed by atoms with E-state index >= 15 is 0 Å². The molecule has 242 valence electrons. The van der Waals surface area contributed by atoms with Gasteiger partial charge in [-0.25, -0.2) is 13.2 Å². The van der Waals surface area contributed by atoms with Crippen LogP contribution in [-0.4, -0.2) is 24.6 Å². The lowest BCUT2D eigenvalue weighted by atomic mass is 9.81. The number of benzene rings is 2. The molecule has 1 saturated heterocycles. The number of alkyl halides is 5. The molecular weight excluding hydrogens is 619 g/mol. The Morgan fingerprint density at radius 1 is 0.909 bits per heavy atom. The molecule has 2 nitrogen and oxygen atoms in total. The average molecular weight is 653 g/mol. The van der Waals surface area contributed by atoms with E-state index in [0.717, 1.165) is 36.6 Å². The average Bonchev–Trinajstić information content (AvgIpc) is 2.97. The van der Waals surface area contributed by atoms with Crippen molar-refractivity contribution in [2.75, 3.05) is 12.4 Å². The first-order chi connectivity index (χ1) is 20.8. The SMILES string of the molecule is CCCS/C(F)=C(\F)c1ccc(C2CCC(/C=C/C3CCC(C(F)(F)Oc4cc(F)c(C(F)(F)F)c(F)c4)CC3)OC2)cc1. The van der Waals surface area contributed by atoms with Crippen LogP contribution in [0, 0.1) is 23.5 Å². The number of hydrogen-bond acceptors (Lipinski definition) is 3. The van der Waals surface area contributed by atoms with Gasteiger partial charge in [0.2, 0.25) is 0 Å². The number of rotatable bonds is 10. The van der Waals surface area contributed by atoms with Crippen molar-refractivity contribution in [1.82, 2.24) is 0 Å². The van der Waals surface area contributed by atoms with E-state index < -0.39 is 52.1 Å². The summed E-state index contributed by atoms with van der Waals surface area (Å²) in [7, 11) is 0. The Kier molecular flexibility index (Phi) is 11.4. The molecule has 1 aliphatic carbocycles. The van der Waals surface area contributed by atoms with Gasteiger partial charge in [0.25, 0.3) is 0 Å². The zero-order valence-corrected chi connectivity index (χ0v) is 24.7. The topological polar surface area (TPSA) is 18.5 Å². The Labute approximate surface area is 254 Å². The second-order valence-electron chi connectivity index (χ2n) is 11.1. The Morgan fingerprint density at radius 3 is 2.09 bits per heavy atom. The van der Waals surface area contributed by atoms with Gasteiger partial charge in [-0.3, -0.25) is 0 Å². The van der Waals surface area contributed by atoms with Crippen LogP contribution in [0.3, 0.4) is 0 Å². The van der Waals surface area contributed by atoms with Gasteiger partial charge in [0.05, 0.1) is 18.6 Å². The maximum absolute atomic E-state index is 14.7. The lowest BCUT2D eigenvalue weighted by Crippen LogP contribution is -2.37. The molecule has 0 spiro atoms. The molecule has 2 atom stereocenters. The van der Waals surface area contributed by atoms with E-state index in [9.17, 15) is 39.5 Å². The molecule has 44 heavy (non-hydrogen) atoms. The van der Waals surface area contributed by atoms with Crippen molar-refractivity contribution < 1.29 is 49.0 Å². The molecule has 0 bridgehead atoms. The summed E-state index contributed by atoms with van der Waals surface area (Å²) in [5, 5.41) is -0.822. The summed E-state index contributed by atoms with van der Waals surface area (Å²) in [6, 6.07) is 6.91. The quantitative estimate of drug-likeness (QED) is 0.188. The minimum atomic E-state index is -5.31. The van der Waals surface area contributed by atoms with Crippen molar-refractivity contribution in [3.8, 4) is 5.75 Å². The molecule has 2 fully saturated rings. The van der Waals surface area contributed by atoms with Gasteiger partial charge in [-0.05, 0) is 56.4 Å². The monoisotopic (exact) mass is 652 g/mol. The predicted molar refractivity (Wildman–Crippen MR) is 152 cm³/mol. The molecule has 0 N–H and O–H groups in total. The van der Waals surface area contributed by atoms with Gasteiger partial charge in [0.15, 0.2) is 11.0 Å². The van der Waals surface area contributed by atoms with Crippen LogP contribution in [0.4, 0.5) is 39.5 Å². The molecule has 12 heteroatoms. The van der Waals surface area contributed by atoms with Crippen molar-refractivity contribution in [3.63, 3.8) is 0 Å². The predicted octanol–water partition coefficient (Wildman–Crippen LogP) is 11.0. The molecule has 2 unspecified atom stereocenters. The van der Waals surface area contributed by atoms with Gasteiger partial charge < -0.3 is 9.47 Å². The zero-order chi connectivity index (χ0) is 32.1. The molecule has 0 radical (unpaired) electrons. The van der Waals surface area contributed by atoms with E-state index in [4.69, 9.17) is 4.74 Å². The third-order valence-corrected chi connectivity index (χ3v) is 9.00. The van der Waals surface area contributed by atoms with Crippen LogP contribution in [0.2, 0.25) is 0 Å². The van der Waals surface area contributed by atoms with Crippen LogP contribution in [-0.2, 0) is 10.9 Å². The highest BCUT2D eigenvalue weighted by atomic mass is 32.2. The molecule has 2 aromatic rings. The van der Waals surface area contributed by atoms with E-state index in [1.165, 1.54) is 0 Å². The van der Waals surface area contributed by atoms with Gasteiger partial charge in [-0.15, -0.1) is 0 Å². The van der Waals surface area contributed by atoms with Crippen LogP contribution in [0.25, 0.3) is 5.83 Å². The van der Waals surface area contributed by atoms with Gasteiger partial charge in [-0.2, -0.15) is 26.3 Å². The van der Waals surface area contributed by atoms with Crippen LogP contribution in [0.1, 0.15) is 74.5 Å². The van der Waals surface area contributed by atoms with E-state index in [1.807, 2.05) is 19.1 Å². The summed E-state index contributed by atoms with van der Waals surface area (Å²) in [6.45, 7) is 2.33. The summed E-state index contributed by atoms with van der Waals surface area (Å²) >= 11 is 0.850. The molecule has 2 aliphatic rings. The maximum Gasteiger partial charge on any atom is 0.422 e. The van der Waals surface area contributed by atoms with Gasteiger partial charge in [-0.1, -0.05) is 55.1 Å². The van der Waals surface area contributed by atoms with Crippen LogP contribution in [0.5, 0.6) is 5.75 Å². The summed E-state index contributed by atoms with van der Waals surface area (Å²) in [5.74, 6) is -6.58. The Bertz CT molecular complexity index is 1280. The Morgan fingerprint density at radius 2 is 1.55 bits per heavy atom. The summed E-state index contributed by atoms with van der Waals surface area (Å²) in [6.07, 6.45) is -2.24. The highest BCUT2D eigenvalue weighted by Gasteiger charge is 2.45. The van der Waals surface area contributed by atoms with Crippen LogP contribution >= 0.6 is 11.8 Å². The highest BCUT2D eigenvalue weighted by molar-refractivity contribution is 8.03. The van der Waals surface area contributed by atoms with Crippen LogP contribution < -0.4 is 4.74 Å². The normalized spacial score (nSPS) is 24.0. The third-order valence-electron chi connectivity index (χ3n) is 7.95. The molecule has 1 saturated carbocycles. The minimum Gasteiger partial charge on any atom is -0.432 e. The largest absolute Gasteiger partial charge is 0.432 e. The fourth-order valence-corrected chi connectivity index (χ4v) is 6.13. The molecule has 0 amide bonds. The number of thioether (sulfide) groups is 1. The number of allylic oxidation sites excluding steroid dienone is 1. The first-order valence-electron chi connectivity index (χ1n) is 14.5. The standard InChI is InChI=1S/C32H33F9O2S/c1-2-15-44-30(36)29(35)21-8-6-20(7-9-21)22-10-14-24(42-18-22)13-5-19-3-11-23(12-4-19)32(40,41)43-25-16-26(33)28(27(34)17-25)31(37,38)39/h5-9,13,16-17,19,22-24H,2-4,10-12,14-15,18H2,1H3/b13-5+,30-29-. The molecule has 4 rings (SSSR count). The Hall–Kier alpha value is -2.60. The first kappa shape index (κ1) is 34.3. The zero-order valence-electron chi connectivity index (χ0n) is 23.9. The van der Waals surface area contributed by atoms with E-state index in [-0.39, 0.29) is 48.5 Å². The molecule has 1 heterocycles. The maximum atomic E-state index is 14.7. The lowest BCUT2D eigenvalue weighted by molar-refractivity contribution is -0.223. The van der Waals surface area contributed by atoms with Crippen molar-refractivity contribution in [1.29, 1.82) is 0 Å². The van der Waals surface area contributed by atoms with Crippen molar-refractivity contribution in [2.24, 2.45) is 11.8 Å². The fraction of sp³-hybridized carbons (Fsp3) is 0.500. The van der Waals surface area contributed by atoms with Gasteiger partial charge in [0.1, 0.15) is 22.9 Å². The molecule has 0 aromatic heterocycles. The smallest absolute Gasteiger partial charge is 0.422 e. The van der Waals surface area contributed by atoms with E-state index in [0.29, 0.717) is 25.2 Å². The van der Waals surface area contributed by atoms with Crippen molar-refractivity contribution in [3.05, 3.63) is 82.0 Å². The van der Waals surface area contributed by atoms with Gasteiger partial charge >= 0.3 is 12.3 Å². The first-order valence-corrected chi connectivity index (χ1v) is 15.5.